The fourth-order valence-corrected chi connectivity index (χ4v) is 3.38. The van der Waals surface area contributed by atoms with Crippen molar-refractivity contribution in [2.24, 2.45) is 11.8 Å². The minimum atomic E-state index is -3.34. The number of aryl methyl sites for hydroxylation is 1. The highest BCUT2D eigenvalue weighted by Gasteiger charge is 2.33. The molecule has 4 nitrogen and oxygen atoms in total. The monoisotopic (exact) mass is 296 g/mol. The van der Waals surface area contributed by atoms with E-state index in [0.29, 0.717) is 23.3 Å². The summed E-state index contributed by atoms with van der Waals surface area (Å²) in [5.74, 6) is 1.18. The molecule has 2 rings (SSSR count). The van der Waals surface area contributed by atoms with E-state index in [2.05, 4.69) is 17.0 Å². The molecule has 0 saturated heterocycles. The highest BCUT2D eigenvalue weighted by Crippen LogP contribution is 2.37. The Morgan fingerprint density at radius 1 is 1.25 bits per heavy atom. The number of hydrogen-bond donors (Lipinski definition) is 2. The Labute approximate surface area is 122 Å². The van der Waals surface area contributed by atoms with Crippen molar-refractivity contribution in [1.29, 1.82) is 0 Å². The molecule has 0 heterocycles. The molecule has 0 aromatic heterocycles. The Balaban J connectivity index is 1.90. The maximum atomic E-state index is 12.1. The van der Waals surface area contributed by atoms with Crippen molar-refractivity contribution in [3.8, 4) is 0 Å². The molecule has 0 radical (unpaired) electrons. The normalized spacial score (nSPS) is 21.9. The largest absolute Gasteiger partial charge is 0.320 e. The molecular formula is C15H24N2O2S. The van der Waals surface area contributed by atoms with Gasteiger partial charge in [-0.05, 0) is 62.4 Å². The van der Waals surface area contributed by atoms with Crippen molar-refractivity contribution in [3.05, 3.63) is 29.8 Å². The van der Waals surface area contributed by atoms with Gasteiger partial charge in [0.05, 0.1) is 4.90 Å². The van der Waals surface area contributed by atoms with Crippen LogP contribution in [0.4, 0.5) is 0 Å². The van der Waals surface area contributed by atoms with Gasteiger partial charge in [-0.2, -0.15) is 0 Å². The van der Waals surface area contributed by atoms with Gasteiger partial charge in [0.15, 0.2) is 0 Å². The van der Waals surface area contributed by atoms with Crippen LogP contribution in [-0.4, -0.2) is 28.6 Å². The highest BCUT2D eigenvalue weighted by atomic mass is 32.2. The van der Waals surface area contributed by atoms with Crippen LogP contribution in [0.25, 0.3) is 0 Å². The average molecular weight is 296 g/mol. The zero-order chi connectivity index (χ0) is 14.6. The van der Waals surface area contributed by atoms with Gasteiger partial charge < -0.3 is 5.32 Å². The van der Waals surface area contributed by atoms with Crippen molar-refractivity contribution < 1.29 is 8.42 Å². The summed E-state index contributed by atoms with van der Waals surface area (Å²) >= 11 is 0. The lowest BCUT2D eigenvalue weighted by Crippen LogP contribution is -2.26. The van der Waals surface area contributed by atoms with Crippen LogP contribution in [0.1, 0.15) is 25.3 Å². The van der Waals surface area contributed by atoms with Gasteiger partial charge in [-0.3, -0.25) is 0 Å². The van der Waals surface area contributed by atoms with Gasteiger partial charge in [0.2, 0.25) is 10.0 Å². The van der Waals surface area contributed by atoms with Crippen LogP contribution in [0.3, 0.4) is 0 Å². The average Bonchev–Trinajstić information content (AvgIpc) is 3.14. The molecular weight excluding hydrogens is 272 g/mol. The lowest BCUT2D eigenvalue weighted by atomic mass is 10.1. The standard InChI is InChI=1S/C15H24N2O2S/c1-12-10-14(12)11-17-20(18,19)15-7-5-13(6-8-15)4-3-9-16-2/h5-8,12,14,16-17H,3-4,9-11H2,1-2H3. The lowest BCUT2D eigenvalue weighted by molar-refractivity contribution is 0.574. The first-order valence-electron chi connectivity index (χ1n) is 7.26. The van der Waals surface area contributed by atoms with Gasteiger partial charge >= 0.3 is 0 Å². The highest BCUT2D eigenvalue weighted by molar-refractivity contribution is 7.89. The van der Waals surface area contributed by atoms with E-state index in [9.17, 15) is 8.42 Å². The summed E-state index contributed by atoms with van der Waals surface area (Å²) < 4.78 is 26.9. The number of nitrogens with one attached hydrogen (secondary N) is 2. The topological polar surface area (TPSA) is 58.2 Å². The summed E-state index contributed by atoms with van der Waals surface area (Å²) in [5.41, 5.74) is 1.18. The molecule has 0 amide bonds. The molecule has 1 fully saturated rings. The fraction of sp³-hybridized carbons (Fsp3) is 0.600. The third kappa shape index (κ3) is 4.30. The Morgan fingerprint density at radius 2 is 1.90 bits per heavy atom. The van der Waals surface area contributed by atoms with E-state index in [1.165, 1.54) is 5.56 Å². The summed E-state index contributed by atoms with van der Waals surface area (Å²) in [6, 6.07) is 7.22. The molecule has 2 unspecified atom stereocenters. The van der Waals surface area contributed by atoms with Gasteiger partial charge in [0, 0.05) is 6.54 Å². The van der Waals surface area contributed by atoms with Gasteiger partial charge in [-0.15, -0.1) is 0 Å². The summed E-state index contributed by atoms with van der Waals surface area (Å²) in [6.45, 7) is 3.69. The molecule has 0 spiro atoms. The smallest absolute Gasteiger partial charge is 0.240 e. The van der Waals surface area contributed by atoms with E-state index < -0.39 is 10.0 Å². The summed E-state index contributed by atoms with van der Waals surface area (Å²) in [5, 5.41) is 3.10. The molecule has 20 heavy (non-hydrogen) atoms. The summed E-state index contributed by atoms with van der Waals surface area (Å²) in [4.78, 5) is 0.364. The van der Waals surface area contributed by atoms with Crippen LogP contribution >= 0.6 is 0 Å². The van der Waals surface area contributed by atoms with Crippen LogP contribution in [0, 0.1) is 11.8 Å². The number of hydrogen-bond acceptors (Lipinski definition) is 3. The van der Waals surface area contributed by atoms with Gasteiger partial charge in [-0.25, -0.2) is 13.1 Å². The van der Waals surface area contributed by atoms with Crippen LogP contribution in [-0.2, 0) is 16.4 Å². The first-order valence-corrected chi connectivity index (χ1v) is 8.74. The van der Waals surface area contributed by atoms with Crippen molar-refractivity contribution >= 4 is 10.0 Å². The molecule has 0 bridgehead atoms. The second kappa shape index (κ2) is 6.70. The molecule has 1 aliphatic rings. The Hall–Kier alpha value is -0.910. The summed E-state index contributed by atoms with van der Waals surface area (Å²) in [7, 11) is -1.41. The predicted molar refractivity (Wildman–Crippen MR) is 81.1 cm³/mol. The maximum Gasteiger partial charge on any atom is 0.240 e. The number of sulfonamides is 1. The first kappa shape index (κ1) is 15.5. The van der Waals surface area contributed by atoms with E-state index >= 15 is 0 Å². The minimum absolute atomic E-state index is 0.364. The third-order valence-electron chi connectivity index (χ3n) is 3.94. The van der Waals surface area contributed by atoms with Crippen LogP contribution in [0.2, 0.25) is 0 Å². The molecule has 1 saturated carbocycles. The number of benzene rings is 1. The predicted octanol–water partition coefficient (Wildman–Crippen LogP) is 1.77. The quantitative estimate of drug-likeness (QED) is 0.719. The van der Waals surface area contributed by atoms with Crippen LogP contribution < -0.4 is 10.0 Å². The second-order valence-electron chi connectivity index (χ2n) is 5.68. The second-order valence-corrected chi connectivity index (χ2v) is 7.44. The zero-order valence-corrected chi connectivity index (χ0v) is 13.0. The first-order chi connectivity index (χ1) is 9.53. The Morgan fingerprint density at radius 3 is 2.45 bits per heavy atom. The van der Waals surface area contributed by atoms with E-state index in [1.54, 1.807) is 12.1 Å². The van der Waals surface area contributed by atoms with Crippen molar-refractivity contribution in [2.75, 3.05) is 20.1 Å². The van der Waals surface area contributed by atoms with Crippen LogP contribution in [0.15, 0.2) is 29.2 Å². The molecule has 112 valence electrons. The van der Waals surface area contributed by atoms with Gasteiger partial charge in [-0.1, -0.05) is 19.1 Å². The van der Waals surface area contributed by atoms with Crippen molar-refractivity contribution in [1.82, 2.24) is 10.0 Å². The van der Waals surface area contributed by atoms with Crippen molar-refractivity contribution in [3.63, 3.8) is 0 Å². The molecule has 2 N–H and O–H groups in total. The van der Waals surface area contributed by atoms with E-state index in [-0.39, 0.29) is 0 Å². The third-order valence-corrected chi connectivity index (χ3v) is 5.38. The maximum absolute atomic E-state index is 12.1. The minimum Gasteiger partial charge on any atom is -0.320 e. The van der Waals surface area contributed by atoms with E-state index in [0.717, 1.165) is 25.8 Å². The molecule has 1 aliphatic carbocycles. The van der Waals surface area contributed by atoms with Crippen LogP contribution in [0.5, 0.6) is 0 Å². The lowest BCUT2D eigenvalue weighted by Gasteiger charge is -2.07. The van der Waals surface area contributed by atoms with Gasteiger partial charge in [0.1, 0.15) is 0 Å². The van der Waals surface area contributed by atoms with E-state index in [1.807, 2.05) is 19.2 Å². The molecule has 0 aliphatic heterocycles. The Bertz CT molecular complexity index is 525. The number of rotatable bonds is 8. The molecule has 5 heteroatoms. The Kier molecular flexibility index (Phi) is 5.18. The van der Waals surface area contributed by atoms with E-state index in [4.69, 9.17) is 0 Å². The van der Waals surface area contributed by atoms with Crippen molar-refractivity contribution in [2.45, 2.75) is 31.1 Å². The molecule has 1 aromatic carbocycles. The SMILES string of the molecule is CNCCCc1ccc(S(=O)(=O)NCC2CC2C)cc1. The zero-order valence-electron chi connectivity index (χ0n) is 12.2. The fourth-order valence-electron chi connectivity index (χ4n) is 2.29. The summed E-state index contributed by atoms with van der Waals surface area (Å²) in [6.07, 6.45) is 3.15. The van der Waals surface area contributed by atoms with Gasteiger partial charge in [0.25, 0.3) is 0 Å². The molecule has 1 aromatic rings. The molecule has 2 atom stereocenters.